The maximum Gasteiger partial charge on any atom is 0.122 e. The Kier molecular flexibility index (Phi) is 8.27. The molecule has 0 aliphatic rings. The number of furan rings is 1. The predicted octanol–water partition coefficient (Wildman–Crippen LogP) is 9.80. The van der Waals surface area contributed by atoms with Crippen LogP contribution in [0.1, 0.15) is 26.3 Å². The third kappa shape index (κ3) is 6.08. The molecule has 0 bridgehead atoms. The van der Waals surface area contributed by atoms with Gasteiger partial charge in [0, 0.05) is 42.6 Å². The van der Waals surface area contributed by atoms with Crippen LogP contribution < -0.4 is 0 Å². The van der Waals surface area contributed by atoms with Crippen LogP contribution in [0.3, 0.4) is 0 Å². The van der Waals surface area contributed by atoms with Crippen molar-refractivity contribution in [3.63, 3.8) is 0 Å². The van der Waals surface area contributed by atoms with E-state index < -0.39 is 0 Å². The Morgan fingerprint density at radius 2 is 1.65 bits per heavy atom. The second-order valence-electron chi connectivity index (χ2n) is 10.8. The van der Waals surface area contributed by atoms with Crippen LogP contribution in [0.25, 0.3) is 54.5 Å². The van der Waals surface area contributed by atoms with Crippen molar-refractivity contribution in [2.45, 2.75) is 27.2 Å². The molecule has 0 saturated heterocycles. The number of pyridine rings is 2. The molecule has 0 N–H and O–H groups in total. The normalized spacial score (nSPS) is 11.3. The molecule has 0 amide bonds. The zero-order chi connectivity index (χ0) is 26.8. The minimum absolute atomic E-state index is 0. The predicted molar refractivity (Wildman–Crippen MR) is 163 cm³/mol. The average Bonchev–Trinajstić information content (AvgIpc) is 3.56. The summed E-state index contributed by atoms with van der Waals surface area (Å²) in [6, 6.07) is 35.0. The van der Waals surface area contributed by atoms with E-state index in [1.54, 1.807) is 17.5 Å². The molecule has 3 nitrogen and oxygen atoms in total. The third-order valence-electron chi connectivity index (χ3n) is 6.47. The SMILES string of the molecule is CC(C)(C)Cc1ccnc(-c2[c-]ccc3c2oc2cc4sccc4cc23)c1.[Ir].[c-]1ccccc1-c1ccccn1. The van der Waals surface area contributed by atoms with Gasteiger partial charge < -0.3 is 14.4 Å². The van der Waals surface area contributed by atoms with Gasteiger partial charge in [-0.3, -0.25) is 0 Å². The van der Waals surface area contributed by atoms with Crippen molar-refractivity contribution in [1.29, 1.82) is 0 Å². The minimum Gasteiger partial charge on any atom is -0.501 e. The molecule has 0 unspecified atom stereocenters. The van der Waals surface area contributed by atoms with Gasteiger partial charge in [0.1, 0.15) is 5.58 Å². The number of rotatable bonds is 3. The Morgan fingerprint density at radius 3 is 2.42 bits per heavy atom. The van der Waals surface area contributed by atoms with Gasteiger partial charge in [-0.15, -0.1) is 65.4 Å². The molecule has 7 aromatic rings. The first-order valence-corrected chi connectivity index (χ1v) is 13.9. The fourth-order valence-corrected chi connectivity index (χ4v) is 5.60. The number of hydrogen-bond acceptors (Lipinski definition) is 4. The Bertz CT molecular complexity index is 1830. The monoisotopic (exact) mass is 717 g/mol. The van der Waals surface area contributed by atoms with Crippen molar-refractivity contribution in [2.24, 2.45) is 5.41 Å². The van der Waals surface area contributed by atoms with Gasteiger partial charge in [0.05, 0.1) is 5.58 Å². The van der Waals surface area contributed by atoms with E-state index in [1.165, 1.54) is 15.6 Å². The van der Waals surface area contributed by atoms with E-state index in [-0.39, 0.29) is 25.5 Å². The van der Waals surface area contributed by atoms with Gasteiger partial charge in [-0.1, -0.05) is 55.5 Å². The second kappa shape index (κ2) is 11.9. The average molecular weight is 717 g/mol. The molecular weight excluding hydrogens is 689 g/mol. The van der Waals surface area contributed by atoms with Crippen LogP contribution >= 0.6 is 11.3 Å². The van der Waals surface area contributed by atoms with Crippen molar-refractivity contribution >= 4 is 43.4 Å². The van der Waals surface area contributed by atoms with Crippen LogP contribution in [0.4, 0.5) is 0 Å². The van der Waals surface area contributed by atoms with E-state index in [2.05, 4.69) is 84.7 Å². The van der Waals surface area contributed by atoms with Gasteiger partial charge >= 0.3 is 0 Å². The van der Waals surface area contributed by atoms with Gasteiger partial charge in [-0.05, 0) is 64.3 Å². The fraction of sp³-hybridized carbons (Fsp3) is 0.143. The molecule has 0 aliphatic heterocycles. The number of nitrogens with zero attached hydrogens (tertiary/aromatic N) is 2. The summed E-state index contributed by atoms with van der Waals surface area (Å²) in [5, 5.41) is 5.65. The summed E-state index contributed by atoms with van der Waals surface area (Å²) in [5.41, 5.74) is 7.17. The van der Waals surface area contributed by atoms with Gasteiger partial charge in [0.2, 0.25) is 0 Å². The van der Waals surface area contributed by atoms with E-state index in [4.69, 9.17) is 4.42 Å². The van der Waals surface area contributed by atoms with Crippen LogP contribution in [0.2, 0.25) is 0 Å². The zero-order valence-electron chi connectivity index (χ0n) is 22.6. The Morgan fingerprint density at radius 1 is 0.800 bits per heavy atom. The molecule has 40 heavy (non-hydrogen) atoms. The summed E-state index contributed by atoms with van der Waals surface area (Å²) in [7, 11) is 0. The third-order valence-corrected chi connectivity index (χ3v) is 7.35. The Labute approximate surface area is 252 Å². The quantitative estimate of drug-likeness (QED) is 0.171. The van der Waals surface area contributed by atoms with E-state index >= 15 is 0 Å². The van der Waals surface area contributed by atoms with Gasteiger partial charge in [-0.2, -0.15) is 0 Å². The van der Waals surface area contributed by atoms with Crippen molar-refractivity contribution in [3.05, 3.63) is 120 Å². The molecule has 201 valence electrons. The smallest absolute Gasteiger partial charge is 0.122 e. The topological polar surface area (TPSA) is 38.9 Å². The number of aromatic nitrogens is 2. The molecule has 0 atom stereocenters. The number of fused-ring (bicyclic) bond motifs is 4. The van der Waals surface area contributed by atoms with Crippen LogP contribution in [0.15, 0.2) is 107 Å². The summed E-state index contributed by atoms with van der Waals surface area (Å²) in [4.78, 5) is 8.83. The molecule has 4 heterocycles. The van der Waals surface area contributed by atoms with Gasteiger partial charge in [0.15, 0.2) is 0 Å². The van der Waals surface area contributed by atoms with Crippen molar-refractivity contribution in [1.82, 2.24) is 9.97 Å². The number of thiophene rings is 1. The van der Waals surface area contributed by atoms with Crippen molar-refractivity contribution in [3.8, 4) is 22.5 Å². The summed E-state index contributed by atoms with van der Waals surface area (Å²) >= 11 is 1.74. The molecule has 0 saturated carbocycles. The molecule has 0 fully saturated rings. The van der Waals surface area contributed by atoms with Crippen molar-refractivity contribution in [2.75, 3.05) is 0 Å². The molecule has 5 heteroatoms. The van der Waals surface area contributed by atoms with Crippen molar-refractivity contribution < 1.29 is 24.5 Å². The maximum absolute atomic E-state index is 6.29. The molecule has 4 aromatic heterocycles. The summed E-state index contributed by atoms with van der Waals surface area (Å²) in [6.07, 6.45) is 4.69. The zero-order valence-corrected chi connectivity index (χ0v) is 25.8. The molecule has 7 rings (SSSR count). The first kappa shape index (κ1) is 27.9. The van der Waals surface area contributed by atoms with Crippen LogP contribution in [-0.4, -0.2) is 9.97 Å². The summed E-state index contributed by atoms with van der Waals surface area (Å²) in [5.74, 6) is 0. The van der Waals surface area contributed by atoms with Crippen LogP contribution in [0.5, 0.6) is 0 Å². The summed E-state index contributed by atoms with van der Waals surface area (Å²) < 4.78 is 7.54. The Balaban J connectivity index is 0.000000209. The van der Waals surface area contributed by atoms with E-state index in [1.807, 2.05) is 54.7 Å². The summed E-state index contributed by atoms with van der Waals surface area (Å²) in [6.45, 7) is 6.76. The van der Waals surface area contributed by atoms with E-state index in [0.717, 1.165) is 50.9 Å². The fourth-order valence-electron chi connectivity index (χ4n) is 4.80. The second-order valence-corrected chi connectivity index (χ2v) is 11.7. The molecular formula is C35H28IrN2OS-2. The molecule has 0 spiro atoms. The Hall–Kier alpha value is -3.63. The first-order chi connectivity index (χ1) is 18.9. The minimum atomic E-state index is 0. The molecule has 1 radical (unpaired) electrons. The standard InChI is InChI=1S/C24H20NOS.C11H8N.Ir/c1-24(2,3)14-15-7-9-25-20(11-15)18-6-4-5-17-19-12-16-8-10-27-22(16)13-21(19)26-23(17)18;1-2-6-10(7-3-1)11-8-4-5-9-12-11;/h4-5,7-13H,14H2,1-3H3;1-6,8-9H;/q2*-1;. The largest absolute Gasteiger partial charge is 0.501 e. The molecule has 0 aliphatic carbocycles. The maximum atomic E-state index is 6.29. The van der Waals surface area contributed by atoms with E-state index in [9.17, 15) is 0 Å². The van der Waals surface area contributed by atoms with Gasteiger partial charge in [0.25, 0.3) is 0 Å². The van der Waals surface area contributed by atoms with Crippen LogP contribution in [0, 0.1) is 17.5 Å². The number of benzene rings is 3. The number of hydrogen-bond donors (Lipinski definition) is 0. The van der Waals surface area contributed by atoms with E-state index in [0.29, 0.717) is 0 Å². The van der Waals surface area contributed by atoms with Gasteiger partial charge in [-0.25, -0.2) is 0 Å². The molecule has 3 aromatic carbocycles. The first-order valence-electron chi connectivity index (χ1n) is 13.0. The van der Waals surface area contributed by atoms with Crippen LogP contribution in [-0.2, 0) is 26.5 Å².